The van der Waals surface area contributed by atoms with Gasteiger partial charge >= 0.3 is 0 Å². The number of hydrogen-bond acceptors (Lipinski definition) is 2. The van der Waals surface area contributed by atoms with Gasteiger partial charge in [-0.2, -0.15) is 0 Å². The van der Waals surface area contributed by atoms with Gasteiger partial charge in [0.2, 0.25) is 0 Å². The van der Waals surface area contributed by atoms with Crippen LogP contribution in [0.25, 0.3) is 11.1 Å². The standard InChI is InChI=1S/C19H17NOS/c21-19(20-13-12-18-7-4-14-22-18)17-10-8-16(9-11-17)15-5-2-1-3-6-15/h1-11,14H,12-13H2,(H,20,21). The molecule has 0 unspecified atom stereocenters. The van der Waals surface area contributed by atoms with Crippen LogP contribution < -0.4 is 5.32 Å². The first-order valence-electron chi connectivity index (χ1n) is 7.29. The molecule has 22 heavy (non-hydrogen) atoms. The van der Waals surface area contributed by atoms with E-state index in [2.05, 4.69) is 28.9 Å². The molecule has 0 fully saturated rings. The Balaban J connectivity index is 1.59. The summed E-state index contributed by atoms with van der Waals surface area (Å²) in [5, 5.41) is 5.02. The Kier molecular flexibility index (Phi) is 4.66. The van der Waals surface area contributed by atoms with Crippen LogP contribution in [0.1, 0.15) is 15.2 Å². The maximum absolute atomic E-state index is 12.1. The van der Waals surface area contributed by atoms with Gasteiger partial charge < -0.3 is 5.32 Å². The lowest BCUT2D eigenvalue weighted by Crippen LogP contribution is -2.25. The number of benzene rings is 2. The van der Waals surface area contributed by atoms with E-state index in [0.717, 1.165) is 17.5 Å². The molecule has 0 atom stereocenters. The van der Waals surface area contributed by atoms with Gasteiger partial charge in [-0.1, -0.05) is 48.5 Å². The van der Waals surface area contributed by atoms with Gasteiger partial charge in [0, 0.05) is 17.0 Å². The molecule has 3 aromatic rings. The van der Waals surface area contributed by atoms with Crippen molar-refractivity contribution >= 4 is 17.2 Å². The quantitative estimate of drug-likeness (QED) is 0.744. The molecule has 3 rings (SSSR count). The summed E-state index contributed by atoms with van der Waals surface area (Å²) in [5.74, 6) is -0.0174. The Hall–Kier alpha value is -2.39. The summed E-state index contributed by atoms with van der Waals surface area (Å²) in [6, 6.07) is 22.0. The van der Waals surface area contributed by atoms with E-state index < -0.39 is 0 Å². The molecule has 0 saturated heterocycles. The first kappa shape index (κ1) is 14.5. The first-order valence-corrected chi connectivity index (χ1v) is 8.17. The van der Waals surface area contributed by atoms with Crippen molar-refractivity contribution in [2.24, 2.45) is 0 Å². The SMILES string of the molecule is O=C(NCCc1cccs1)c1ccc(-c2ccccc2)cc1. The lowest BCUT2D eigenvalue weighted by Gasteiger charge is -2.06. The summed E-state index contributed by atoms with van der Waals surface area (Å²) in [6.45, 7) is 0.666. The van der Waals surface area contributed by atoms with Crippen LogP contribution in [0.3, 0.4) is 0 Å². The van der Waals surface area contributed by atoms with Crippen LogP contribution >= 0.6 is 11.3 Å². The fourth-order valence-electron chi connectivity index (χ4n) is 2.30. The zero-order valence-corrected chi connectivity index (χ0v) is 13.0. The number of carbonyl (C=O) groups is 1. The minimum Gasteiger partial charge on any atom is -0.352 e. The van der Waals surface area contributed by atoms with Crippen LogP contribution in [0.4, 0.5) is 0 Å². The predicted molar refractivity (Wildman–Crippen MR) is 92.2 cm³/mol. The van der Waals surface area contributed by atoms with E-state index in [1.54, 1.807) is 11.3 Å². The van der Waals surface area contributed by atoms with E-state index in [4.69, 9.17) is 0 Å². The fraction of sp³-hybridized carbons (Fsp3) is 0.105. The number of rotatable bonds is 5. The van der Waals surface area contributed by atoms with Gasteiger partial charge in [0.1, 0.15) is 0 Å². The van der Waals surface area contributed by atoms with Crippen molar-refractivity contribution in [2.45, 2.75) is 6.42 Å². The molecule has 110 valence electrons. The maximum atomic E-state index is 12.1. The second-order valence-corrected chi connectivity index (χ2v) is 6.06. The minimum absolute atomic E-state index is 0.0174. The summed E-state index contributed by atoms with van der Waals surface area (Å²) in [4.78, 5) is 13.4. The summed E-state index contributed by atoms with van der Waals surface area (Å²) in [5.41, 5.74) is 2.98. The molecule has 1 amide bonds. The summed E-state index contributed by atoms with van der Waals surface area (Å²) >= 11 is 1.72. The van der Waals surface area contributed by atoms with Crippen LogP contribution in [0.15, 0.2) is 72.1 Å². The smallest absolute Gasteiger partial charge is 0.251 e. The van der Waals surface area contributed by atoms with E-state index >= 15 is 0 Å². The Morgan fingerprint density at radius 1 is 0.864 bits per heavy atom. The van der Waals surface area contributed by atoms with E-state index in [9.17, 15) is 4.79 Å². The van der Waals surface area contributed by atoms with Gasteiger partial charge in [-0.3, -0.25) is 4.79 Å². The molecular formula is C19H17NOS. The van der Waals surface area contributed by atoms with E-state index in [1.165, 1.54) is 4.88 Å². The first-order chi connectivity index (χ1) is 10.8. The monoisotopic (exact) mass is 307 g/mol. The van der Waals surface area contributed by atoms with Gasteiger partial charge in [0.15, 0.2) is 0 Å². The zero-order valence-electron chi connectivity index (χ0n) is 12.2. The predicted octanol–water partition coefficient (Wildman–Crippen LogP) is 4.39. The average molecular weight is 307 g/mol. The zero-order chi connectivity index (χ0) is 15.2. The molecule has 0 spiro atoms. The topological polar surface area (TPSA) is 29.1 Å². The third kappa shape index (κ3) is 3.62. The normalized spacial score (nSPS) is 10.4. The number of thiophene rings is 1. The highest BCUT2D eigenvalue weighted by Crippen LogP contribution is 2.19. The van der Waals surface area contributed by atoms with Crippen molar-refractivity contribution < 1.29 is 4.79 Å². The van der Waals surface area contributed by atoms with Crippen molar-refractivity contribution in [3.63, 3.8) is 0 Å². The third-order valence-electron chi connectivity index (χ3n) is 3.49. The minimum atomic E-state index is -0.0174. The highest BCUT2D eigenvalue weighted by molar-refractivity contribution is 7.09. The molecule has 1 aromatic heterocycles. The summed E-state index contributed by atoms with van der Waals surface area (Å²) in [6.07, 6.45) is 0.880. The molecule has 0 radical (unpaired) electrons. The average Bonchev–Trinajstić information content (AvgIpc) is 3.09. The molecule has 1 N–H and O–H groups in total. The Morgan fingerprint density at radius 2 is 1.59 bits per heavy atom. The summed E-state index contributed by atoms with van der Waals surface area (Å²) < 4.78 is 0. The number of nitrogens with one attached hydrogen (secondary N) is 1. The van der Waals surface area contributed by atoms with E-state index in [0.29, 0.717) is 12.1 Å². The van der Waals surface area contributed by atoms with Crippen LogP contribution in [-0.2, 0) is 6.42 Å². The van der Waals surface area contributed by atoms with Gasteiger partial charge in [0.25, 0.3) is 5.91 Å². The lowest BCUT2D eigenvalue weighted by atomic mass is 10.0. The van der Waals surface area contributed by atoms with Gasteiger partial charge in [-0.15, -0.1) is 11.3 Å². The second kappa shape index (κ2) is 7.05. The lowest BCUT2D eigenvalue weighted by molar-refractivity contribution is 0.0954. The second-order valence-electron chi connectivity index (χ2n) is 5.03. The van der Waals surface area contributed by atoms with E-state index in [1.807, 2.05) is 48.5 Å². The highest BCUT2D eigenvalue weighted by Gasteiger charge is 2.05. The molecule has 3 heteroatoms. The Morgan fingerprint density at radius 3 is 2.27 bits per heavy atom. The number of carbonyl (C=O) groups excluding carboxylic acids is 1. The number of hydrogen-bond donors (Lipinski definition) is 1. The summed E-state index contributed by atoms with van der Waals surface area (Å²) in [7, 11) is 0. The van der Waals surface area contributed by atoms with Crippen LogP contribution in [0.2, 0.25) is 0 Å². The molecule has 0 bridgehead atoms. The van der Waals surface area contributed by atoms with Crippen molar-refractivity contribution in [1.82, 2.24) is 5.32 Å². The molecular weight excluding hydrogens is 290 g/mol. The molecule has 1 heterocycles. The van der Waals surface area contributed by atoms with Crippen molar-refractivity contribution in [3.8, 4) is 11.1 Å². The highest BCUT2D eigenvalue weighted by atomic mass is 32.1. The maximum Gasteiger partial charge on any atom is 0.251 e. The third-order valence-corrected chi connectivity index (χ3v) is 4.43. The molecule has 0 aliphatic rings. The van der Waals surface area contributed by atoms with Gasteiger partial charge in [-0.25, -0.2) is 0 Å². The Bertz CT molecular complexity index is 718. The fourth-order valence-corrected chi connectivity index (χ4v) is 3.01. The van der Waals surface area contributed by atoms with Crippen molar-refractivity contribution in [3.05, 3.63) is 82.6 Å². The molecule has 0 aliphatic carbocycles. The molecule has 2 nitrogen and oxygen atoms in total. The Labute approximate surface area is 134 Å². The van der Waals surface area contributed by atoms with Crippen LogP contribution in [0.5, 0.6) is 0 Å². The molecule has 0 aliphatic heterocycles. The number of amides is 1. The van der Waals surface area contributed by atoms with Crippen molar-refractivity contribution in [1.29, 1.82) is 0 Å². The van der Waals surface area contributed by atoms with Crippen molar-refractivity contribution in [2.75, 3.05) is 6.54 Å². The van der Waals surface area contributed by atoms with Crippen LogP contribution in [-0.4, -0.2) is 12.5 Å². The molecule has 2 aromatic carbocycles. The molecule has 0 saturated carbocycles. The largest absolute Gasteiger partial charge is 0.352 e. The van der Waals surface area contributed by atoms with E-state index in [-0.39, 0.29) is 5.91 Å². The van der Waals surface area contributed by atoms with Gasteiger partial charge in [-0.05, 0) is 41.1 Å². The van der Waals surface area contributed by atoms with Crippen LogP contribution in [0, 0.1) is 0 Å². The van der Waals surface area contributed by atoms with Gasteiger partial charge in [0.05, 0.1) is 0 Å².